The maximum absolute atomic E-state index is 13.5. The Labute approximate surface area is 111 Å². The van der Waals surface area contributed by atoms with Crippen LogP contribution in [0.15, 0.2) is 23.4 Å². The zero-order valence-electron chi connectivity index (χ0n) is 10.4. The lowest BCUT2D eigenvalue weighted by Crippen LogP contribution is -2.35. The summed E-state index contributed by atoms with van der Waals surface area (Å²) in [6.45, 7) is 0.161. The Hall–Kier alpha value is -1.56. The van der Waals surface area contributed by atoms with Crippen LogP contribution in [0.3, 0.4) is 0 Å². The van der Waals surface area contributed by atoms with Crippen molar-refractivity contribution in [3.05, 3.63) is 24.1 Å². The molecule has 0 aromatic carbocycles. The van der Waals surface area contributed by atoms with Gasteiger partial charge in [0.05, 0.1) is 12.7 Å². The molecular formula is C11H14FN3O3S. The lowest BCUT2D eigenvalue weighted by molar-refractivity contribution is 0.179. The van der Waals surface area contributed by atoms with Gasteiger partial charge in [0.1, 0.15) is 0 Å². The summed E-state index contributed by atoms with van der Waals surface area (Å²) in [5.74, 6) is -0.915. The van der Waals surface area contributed by atoms with E-state index in [1.54, 1.807) is 0 Å². The van der Waals surface area contributed by atoms with E-state index in [0.717, 1.165) is 10.4 Å². The highest BCUT2D eigenvalue weighted by Crippen LogP contribution is 2.16. The van der Waals surface area contributed by atoms with Gasteiger partial charge in [-0.3, -0.25) is 0 Å². The molecule has 0 bridgehead atoms. The third-order valence-corrected chi connectivity index (χ3v) is 4.16. The smallest absolute Gasteiger partial charge is 0.263 e. The van der Waals surface area contributed by atoms with Gasteiger partial charge >= 0.3 is 0 Å². The molecule has 0 saturated heterocycles. The molecule has 0 saturated carbocycles. The molecule has 1 heterocycles. The molecule has 104 valence electrons. The number of halogens is 1. The summed E-state index contributed by atoms with van der Waals surface area (Å²) in [6, 6.07) is 4.19. The van der Waals surface area contributed by atoms with Crippen molar-refractivity contribution < 1.29 is 17.5 Å². The molecule has 0 aliphatic carbocycles. The fourth-order valence-electron chi connectivity index (χ4n) is 1.40. The molecule has 6 nitrogen and oxygen atoms in total. The Kier molecular flexibility index (Phi) is 5.82. The Morgan fingerprint density at radius 2 is 2.26 bits per heavy atom. The first-order chi connectivity index (χ1) is 9.04. The van der Waals surface area contributed by atoms with Crippen molar-refractivity contribution in [2.45, 2.75) is 11.4 Å². The van der Waals surface area contributed by atoms with Gasteiger partial charge in [0, 0.05) is 32.8 Å². The number of hydrogen-bond donors (Lipinski definition) is 0. The lowest BCUT2D eigenvalue weighted by Gasteiger charge is -2.20. The highest BCUT2D eigenvalue weighted by molar-refractivity contribution is 7.89. The summed E-state index contributed by atoms with van der Waals surface area (Å²) in [4.78, 5) is 3.56. The monoisotopic (exact) mass is 287 g/mol. The molecule has 0 unspecified atom stereocenters. The maximum Gasteiger partial charge on any atom is 0.263 e. The van der Waals surface area contributed by atoms with Crippen LogP contribution in [0.5, 0.6) is 0 Å². The van der Waals surface area contributed by atoms with Crippen LogP contribution in [-0.2, 0) is 14.8 Å². The quantitative estimate of drug-likeness (QED) is 0.739. The maximum atomic E-state index is 13.5. The first-order valence-corrected chi connectivity index (χ1v) is 6.94. The van der Waals surface area contributed by atoms with Crippen LogP contribution >= 0.6 is 0 Å². The lowest BCUT2D eigenvalue weighted by atomic mass is 10.4. The largest absolute Gasteiger partial charge is 0.383 e. The summed E-state index contributed by atoms with van der Waals surface area (Å²) < 4.78 is 43.8. The van der Waals surface area contributed by atoms with Crippen LogP contribution in [-0.4, -0.2) is 44.5 Å². The van der Waals surface area contributed by atoms with Crippen LogP contribution < -0.4 is 0 Å². The SMILES string of the molecule is COCCN(CCC#N)S(=O)(=O)c1ncccc1F. The van der Waals surface area contributed by atoms with E-state index in [-0.39, 0.29) is 26.1 Å². The van der Waals surface area contributed by atoms with Gasteiger partial charge in [0.15, 0.2) is 5.82 Å². The minimum atomic E-state index is -4.06. The molecule has 0 N–H and O–H groups in total. The average molecular weight is 287 g/mol. The van der Waals surface area contributed by atoms with Crippen molar-refractivity contribution >= 4 is 10.0 Å². The minimum absolute atomic E-state index is 0.0113. The van der Waals surface area contributed by atoms with Crippen molar-refractivity contribution in [2.75, 3.05) is 26.8 Å². The van der Waals surface area contributed by atoms with Crippen molar-refractivity contribution in [1.82, 2.24) is 9.29 Å². The summed E-state index contributed by atoms with van der Waals surface area (Å²) in [5.41, 5.74) is 0. The van der Waals surface area contributed by atoms with Gasteiger partial charge in [-0.1, -0.05) is 0 Å². The van der Waals surface area contributed by atoms with E-state index in [2.05, 4.69) is 4.98 Å². The number of hydrogen-bond acceptors (Lipinski definition) is 5. The van der Waals surface area contributed by atoms with E-state index in [1.165, 1.54) is 19.4 Å². The van der Waals surface area contributed by atoms with Crippen LogP contribution in [0.4, 0.5) is 4.39 Å². The second-order valence-corrected chi connectivity index (χ2v) is 5.45. The number of aromatic nitrogens is 1. The second-order valence-electron chi connectivity index (χ2n) is 3.60. The molecule has 8 heteroatoms. The zero-order valence-corrected chi connectivity index (χ0v) is 11.2. The molecular weight excluding hydrogens is 273 g/mol. The van der Waals surface area contributed by atoms with Gasteiger partial charge < -0.3 is 4.74 Å². The van der Waals surface area contributed by atoms with Crippen LogP contribution in [0.25, 0.3) is 0 Å². The predicted octanol–water partition coefficient (Wildman–Crippen LogP) is 0.771. The molecule has 1 aromatic heterocycles. The summed E-state index contributed by atoms with van der Waals surface area (Å²) in [6.07, 6.45) is 1.21. The van der Waals surface area contributed by atoms with E-state index in [9.17, 15) is 12.8 Å². The van der Waals surface area contributed by atoms with Gasteiger partial charge in [-0.2, -0.15) is 9.57 Å². The van der Waals surface area contributed by atoms with Gasteiger partial charge in [-0.15, -0.1) is 0 Å². The van der Waals surface area contributed by atoms with Crippen LogP contribution in [0.2, 0.25) is 0 Å². The fourth-order valence-corrected chi connectivity index (χ4v) is 2.80. The number of pyridine rings is 1. The van der Waals surface area contributed by atoms with Crippen molar-refractivity contribution in [2.24, 2.45) is 0 Å². The molecule has 0 aliphatic rings. The molecule has 0 aliphatic heterocycles. The topological polar surface area (TPSA) is 83.3 Å². The normalized spacial score (nSPS) is 11.5. The number of ether oxygens (including phenoxy) is 1. The summed E-state index contributed by atoms with van der Waals surface area (Å²) in [7, 11) is -2.63. The molecule has 1 rings (SSSR count). The predicted molar refractivity (Wildman–Crippen MR) is 65.1 cm³/mol. The van der Waals surface area contributed by atoms with Gasteiger partial charge in [0.2, 0.25) is 5.03 Å². The highest BCUT2D eigenvalue weighted by Gasteiger charge is 2.28. The third-order valence-electron chi connectivity index (χ3n) is 2.33. The first kappa shape index (κ1) is 15.5. The zero-order chi connectivity index (χ0) is 14.3. The Morgan fingerprint density at radius 3 is 2.84 bits per heavy atom. The number of methoxy groups -OCH3 is 1. The molecule has 0 spiro atoms. The van der Waals surface area contributed by atoms with E-state index < -0.39 is 20.9 Å². The van der Waals surface area contributed by atoms with E-state index in [0.29, 0.717) is 0 Å². The molecule has 19 heavy (non-hydrogen) atoms. The summed E-state index contributed by atoms with van der Waals surface area (Å²) >= 11 is 0. The van der Waals surface area contributed by atoms with Crippen LogP contribution in [0.1, 0.15) is 6.42 Å². The van der Waals surface area contributed by atoms with E-state index >= 15 is 0 Å². The Morgan fingerprint density at radius 1 is 1.53 bits per heavy atom. The van der Waals surface area contributed by atoms with E-state index in [4.69, 9.17) is 10.00 Å². The van der Waals surface area contributed by atoms with Crippen molar-refractivity contribution in [1.29, 1.82) is 5.26 Å². The minimum Gasteiger partial charge on any atom is -0.383 e. The Bertz CT molecular complexity index is 557. The molecule has 1 aromatic rings. The first-order valence-electron chi connectivity index (χ1n) is 5.50. The standard InChI is InChI=1S/C11H14FN3O3S/c1-18-9-8-15(7-3-5-13)19(16,17)11-10(12)4-2-6-14-11/h2,4,6H,3,7-9H2,1H3. The van der Waals surface area contributed by atoms with Gasteiger partial charge in [0.25, 0.3) is 10.0 Å². The van der Waals surface area contributed by atoms with Gasteiger partial charge in [-0.05, 0) is 12.1 Å². The van der Waals surface area contributed by atoms with Crippen molar-refractivity contribution in [3.63, 3.8) is 0 Å². The van der Waals surface area contributed by atoms with Gasteiger partial charge in [-0.25, -0.2) is 17.8 Å². The molecule has 0 radical (unpaired) electrons. The molecule has 0 amide bonds. The Balaban J connectivity index is 3.05. The summed E-state index contributed by atoms with van der Waals surface area (Å²) in [5, 5.41) is 7.90. The number of rotatable bonds is 7. The number of sulfonamides is 1. The van der Waals surface area contributed by atoms with E-state index in [1.807, 2.05) is 6.07 Å². The van der Waals surface area contributed by atoms with Crippen molar-refractivity contribution in [3.8, 4) is 6.07 Å². The number of nitrogens with zero attached hydrogens (tertiary/aromatic N) is 3. The number of nitriles is 1. The molecule has 0 atom stereocenters. The third kappa shape index (κ3) is 3.96. The second kappa shape index (κ2) is 7.13. The fraction of sp³-hybridized carbons (Fsp3) is 0.455. The molecule has 0 fully saturated rings. The van der Waals surface area contributed by atoms with Crippen LogP contribution in [0, 0.1) is 17.1 Å². The average Bonchev–Trinajstić information content (AvgIpc) is 2.39. The highest BCUT2D eigenvalue weighted by atomic mass is 32.2.